The van der Waals surface area contributed by atoms with Crippen LogP contribution in [-0.2, 0) is 13.0 Å². The average Bonchev–Trinajstić information content (AvgIpc) is 2.81. The minimum absolute atomic E-state index is 0.0701. The Morgan fingerprint density at radius 3 is 2.95 bits per heavy atom. The summed E-state index contributed by atoms with van der Waals surface area (Å²) in [4.78, 5) is 14.4. The zero-order chi connectivity index (χ0) is 14.1. The Labute approximate surface area is 117 Å². The predicted molar refractivity (Wildman–Crippen MR) is 72.9 cm³/mol. The molecule has 1 saturated carbocycles. The van der Waals surface area contributed by atoms with Gasteiger partial charge in [-0.15, -0.1) is 0 Å². The molecule has 108 valence electrons. The summed E-state index contributed by atoms with van der Waals surface area (Å²) in [7, 11) is 0. The Morgan fingerprint density at radius 2 is 2.35 bits per heavy atom. The van der Waals surface area contributed by atoms with Crippen molar-refractivity contribution in [1.82, 2.24) is 14.7 Å². The van der Waals surface area contributed by atoms with E-state index in [1.165, 1.54) is 6.42 Å². The third kappa shape index (κ3) is 2.24. The van der Waals surface area contributed by atoms with E-state index in [9.17, 15) is 9.18 Å². The van der Waals surface area contributed by atoms with E-state index in [0.29, 0.717) is 30.1 Å². The molecule has 0 aromatic carbocycles. The molecular formula is C14H19FN4O. The first-order valence-electron chi connectivity index (χ1n) is 7.08. The highest BCUT2D eigenvalue weighted by molar-refractivity contribution is 5.96. The second-order valence-corrected chi connectivity index (χ2v) is 5.49. The topological polar surface area (TPSA) is 64.2 Å². The van der Waals surface area contributed by atoms with Crippen molar-refractivity contribution in [2.45, 2.75) is 38.3 Å². The van der Waals surface area contributed by atoms with Gasteiger partial charge in [0, 0.05) is 31.7 Å². The zero-order valence-electron chi connectivity index (χ0n) is 11.4. The number of carbonyl (C=O) groups excluding carboxylic acids is 1. The van der Waals surface area contributed by atoms with Crippen LogP contribution in [0.4, 0.5) is 4.39 Å². The SMILES string of the molecule is NCC(=CF)Cn1cc2c(n1)CCN(C1CCC1)C2=O. The van der Waals surface area contributed by atoms with Crippen LogP contribution in [0.3, 0.4) is 0 Å². The molecule has 20 heavy (non-hydrogen) atoms. The van der Waals surface area contributed by atoms with Crippen LogP contribution in [0.2, 0.25) is 0 Å². The fraction of sp³-hybridized carbons (Fsp3) is 0.571. The summed E-state index contributed by atoms with van der Waals surface area (Å²) < 4.78 is 14.2. The molecule has 1 fully saturated rings. The van der Waals surface area contributed by atoms with E-state index in [2.05, 4.69) is 5.10 Å². The summed E-state index contributed by atoms with van der Waals surface area (Å²) in [6.45, 7) is 1.20. The van der Waals surface area contributed by atoms with Gasteiger partial charge < -0.3 is 10.6 Å². The molecule has 2 aliphatic rings. The smallest absolute Gasteiger partial charge is 0.257 e. The van der Waals surface area contributed by atoms with Gasteiger partial charge in [0.25, 0.3) is 5.91 Å². The molecule has 0 saturated heterocycles. The Kier molecular flexibility index (Phi) is 3.56. The Morgan fingerprint density at radius 1 is 1.55 bits per heavy atom. The highest BCUT2D eigenvalue weighted by atomic mass is 19.1. The second-order valence-electron chi connectivity index (χ2n) is 5.49. The van der Waals surface area contributed by atoms with Crippen LogP contribution in [0.25, 0.3) is 0 Å². The van der Waals surface area contributed by atoms with Gasteiger partial charge >= 0.3 is 0 Å². The fourth-order valence-corrected chi connectivity index (χ4v) is 2.79. The number of nitrogens with two attached hydrogens (primary N) is 1. The summed E-state index contributed by atoms with van der Waals surface area (Å²) in [6, 6.07) is 0.407. The van der Waals surface area contributed by atoms with Crippen molar-refractivity contribution in [2.24, 2.45) is 5.73 Å². The van der Waals surface area contributed by atoms with Gasteiger partial charge in [-0.05, 0) is 24.8 Å². The third-order valence-electron chi connectivity index (χ3n) is 4.22. The number of carbonyl (C=O) groups is 1. The van der Waals surface area contributed by atoms with Crippen LogP contribution >= 0.6 is 0 Å². The lowest BCUT2D eigenvalue weighted by molar-refractivity contribution is 0.0559. The van der Waals surface area contributed by atoms with Crippen molar-refractivity contribution in [1.29, 1.82) is 0 Å². The van der Waals surface area contributed by atoms with E-state index in [1.807, 2.05) is 4.90 Å². The number of hydrogen-bond acceptors (Lipinski definition) is 3. The van der Waals surface area contributed by atoms with Gasteiger partial charge in [-0.25, -0.2) is 4.39 Å². The largest absolute Gasteiger partial charge is 0.335 e. The van der Waals surface area contributed by atoms with Crippen LogP contribution in [0, 0.1) is 0 Å². The van der Waals surface area contributed by atoms with E-state index in [4.69, 9.17) is 5.73 Å². The summed E-state index contributed by atoms with van der Waals surface area (Å²) in [5.41, 5.74) is 7.39. The van der Waals surface area contributed by atoms with Gasteiger partial charge in [0.15, 0.2) is 0 Å². The Balaban J connectivity index is 1.79. The molecule has 0 unspecified atom stereocenters. The predicted octanol–water partition coefficient (Wildman–Crippen LogP) is 1.25. The third-order valence-corrected chi connectivity index (χ3v) is 4.22. The van der Waals surface area contributed by atoms with Gasteiger partial charge in [0.2, 0.25) is 0 Å². The minimum atomic E-state index is 0.0701. The highest BCUT2D eigenvalue weighted by Crippen LogP contribution is 2.29. The first-order valence-corrected chi connectivity index (χ1v) is 7.08. The van der Waals surface area contributed by atoms with E-state index < -0.39 is 0 Å². The molecule has 1 aliphatic heterocycles. The Hall–Kier alpha value is -1.69. The van der Waals surface area contributed by atoms with Crippen molar-refractivity contribution < 1.29 is 9.18 Å². The molecule has 6 heteroatoms. The molecule has 1 aromatic heterocycles. The monoisotopic (exact) mass is 278 g/mol. The maximum absolute atomic E-state index is 12.6. The number of fused-ring (bicyclic) bond motifs is 1. The van der Waals surface area contributed by atoms with Crippen LogP contribution < -0.4 is 5.73 Å². The average molecular weight is 278 g/mol. The number of aromatic nitrogens is 2. The van der Waals surface area contributed by atoms with Crippen molar-refractivity contribution in [3.8, 4) is 0 Å². The molecule has 1 aliphatic carbocycles. The molecule has 0 spiro atoms. The van der Waals surface area contributed by atoms with Crippen LogP contribution in [-0.4, -0.2) is 39.7 Å². The van der Waals surface area contributed by atoms with Crippen LogP contribution in [0.15, 0.2) is 18.1 Å². The number of halogens is 1. The first-order chi connectivity index (χ1) is 9.72. The first kappa shape index (κ1) is 13.3. The highest BCUT2D eigenvalue weighted by Gasteiger charge is 2.34. The molecule has 0 bridgehead atoms. The number of rotatable bonds is 4. The van der Waals surface area contributed by atoms with E-state index in [0.717, 1.165) is 31.5 Å². The van der Waals surface area contributed by atoms with Gasteiger partial charge in [0.1, 0.15) is 0 Å². The Bertz CT molecular complexity index is 547. The summed E-state index contributed by atoms with van der Waals surface area (Å²) >= 11 is 0. The molecule has 1 aromatic rings. The maximum atomic E-state index is 12.6. The van der Waals surface area contributed by atoms with Crippen molar-refractivity contribution in [2.75, 3.05) is 13.1 Å². The standard InChI is InChI=1S/C14H19FN4O/c15-6-10(7-16)8-18-9-12-13(17-18)4-5-19(14(12)20)11-2-1-3-11/h6,9,11H,1-5,7-8,16H2. The fourth-order valence-electron chi connectivity index (χ4n) is 2.79. The van der Waals surface area contributed by atoms with Gasteiger partial charge in [-0.3, -0.25) is 9.48 Å². The molecule has 0 radical (unpaired) electrons. The summed E-state index contributed by atoms with van der Waals surface area (Å²) in [5.74, 6) is 0.0701. The molecule has 5 nitrogen and oxygen atoms in total. The van der Waals surface area contributed by atoms with Crippen LogP contribution in [0.1, 0.15) is 35.3 Å². The number of nitrogens with zero attached hydrogens (tertiary/aromatic N) is 3. The molecule has 2 N–H and O–H groups in total. The maximum Gasteiger partial charge on any atom is 0.257 e. The number of hydrogen-bond donors (Lipinski definition) is 1. The molecule has 3 rings (SSSR count). The van der Waals surface area contributed by atoms with Crippen molar-refractivity contribution in [3.05, 3.63) is 29.4 Å². The lowest BCUT2D eigenvalue weighted by Crippen LogP contribution is -2.47. The van der Waals surface area contributed by atoms with Gasteiger partial charge in [0.05, 0.1) is 24.1 Å². The minimum Gasteiger partial charge on any atom is -0.335 e. The van der Waals surface area contributed by atoms with Crippen molar-refractivity contribution >= 4 is 5.91 Å². The summed E-state index contributed by atoms with van der Waals surface area (Å²) in [6.07, 6.45) is 6.45. The number of amides is 1. The normalized spacial score (nSPS) is 20.0. The van der Waals surface area contributed by atoms with Gasteiger partial charge in [-0.2, -0.15) is 5.10 Å². The van der Waals surface area contributed by atoms with E-state index in [1.54, 1.807) is 10.9 Å². The van der Waals surface area contributed by atoms with Crippen LogP contribution in [0.5, 0.6) is 0 Å². The van der Waals surface area contributed by atoms with Crippen molar-refractivity contribution in [3.63, 3.8) is 0 Å². The molecule has 0 atom stereocenters. The van der Waals surface area contributed by atoms with E-state index in [-0.39, 0.29) is 12.5 Å². The lowest BCUT2D eigenvalue weighted by Gasteiger charge is -2.39. The molecule has 2 heterocycles. The lowest BCUT2D eigenvalue weighted by atomic mass is 9.89. The molecule has 1 amide bonds. The summed E-state index contributed by atoms with van der Waals surface area (Å²) in [5, 5.41) is 4.38. The van der Waals surface area contributed by atoms with E-state index >= 15 is 0 Å². The zero-order valence-corrected chi connectivity index (χ0v) is 11.4. The molecular weight excluding hydrogens is 259 g/mol. The quantitative estimate of drug-likeness (QED) is 0.901. The van der Waals surface area contributed by atoms with Gasteiger partial charge in [-0.1, -0.05) is 0 Å². The second kappa shape index (κ2) is 5.36.